The Kier molecular flexibility index (Phi) is 6.13. The first-order valence-corrected chi connectivity index (χ1v) is 7.47. The zero-order valence-electron chi connectivity index (χ0n) is 12.4. The van der Waals surface area contributed by atoms with Crippen molar-refractivity contribution in [1.82, 2.24) is 5.32 Å². The zero-order valence-corrected chi connectivity index (χ0v) is 12.4. The van der Waals surface area contributed by atoms with Crippen LogP contribution < -0.4 is 11.1 Å². The lowest BCUT2D eigenvalue weighted by molar-refractivity contribution is -0.127. The maximum absolute atomic E-state index is 12.3. The first-order valence-electron chi connectivity index (χ1n) is 7.47. The quantitative estimate of drug-likeness (QED) is 0.792. The molecule has 0 radical (unpaired) electrons. The second kappa shape index (κ2) is 7.13. The second-order valence-electron chi connectivity index (χ2n) is 6.39. The van der Waals surface area contributed by atoms with E-state index in [1.807, 2.05) is 0 Å². The van der Waals surface area contributed by atoms with Gasteiger partial charge in [0.05, 0.1) is 5.92 Å². The lowest BCUT2D eigenvalue weighted by Gasteiger charge is -2.36. The molecule has 0 aromatic heterocycles. The summed E-state index contributed by atoms with van der Waals surface area (Å²) in [6.07, 6.45) is 4.92. The van der Waals surface area contributed by atoms with Crippen molar-refractivity contribution in [2.45, 2.75) is 59.4 Å². The van der Waals surface area contributed by atoms with Gasteiger partial charge < -0.3 is 11.1 Å². The van der Waals surface area contributed by atoms with Crippen molar-refractivity contribution < 1.29 is 4.79 Å². The van der Waals surface area contributed by atoms with E-state index >= 15 is 0 Å². The standard InChI is InChI=1S/C15H30N2O/c1-10(2)12-7-5-6-8-14(12)17-15(18)13(9-16)11(3)4/h10-14H,5-9,16H2,1-4H3,(H,17,18). The molecule has 3 heteroatoms. The average Bonchev–Trinajstić information content (AvgIpc) is 2.29. The summed E-state index contributed by atoms with van der Waals surface area (Å²) in [6, 6.07) is 0.360. The molecule has 0 bridgehead atoms. The van der Waals surface area contributed by atoms with E-state index in [-0.39, 0.29) is 11.8 Å². The Labute approximate surface area is 112 Å². The summed E-state index contributed by atoms with van der Waals surface area (Å²) in [5.41, 5.74) is 5.71. The molecule has 0 aromatic carbocycles. The molecule has 0 spiro atoms. The molecule has 0 aliphatic heterocycles. The second-order valence-corrected chi connectivity index (χ2v) is 6.39. The number of hydrogen-bond acceptors (Lipinski definition) is 2. The van der Waals surface area contributed by atoms with Crippen LogP contribution in [0.2, 0.25) is 0 Å². The van der Waals surface area contributed by atoms with Gasteiger partial charge in [0.2, 0.25) is 5.91 Å². The maximum Gasteiger partial charge on any atom is 0.224 e. The van der Waals surface area contributed by atoms with E-state index < -0.39 is 0 Å². The molecular weight excluding hydrogens is 224 g/mol. The van der Waals surface area contributed by atoms with Gasteiger partial charge in [0.1, 0.15) is 0 Å². The van der Waals surface area contributed by atoms with Gasteiger partial charge in [-0.2, -0.15) is 0 Å². The fourth-order valence-electron chi connectivity index (χ4n) is 3.11. The van der Waals surface area contributed by atoms with E-state index in [0.29, 0.717) is 30.3 Å². The van der Waals surface area contributed by atoms with Crippen LogP contribution in [0, 0.1) is 23.7 Å². The van der Waals surface area contributed by atoms with E-state index in [2.05, 4.69) is 33.0 Å². The summed E-state index contributed by atoms with van der Waals surface area (Å²) >= 11 is 0. The molecule has 18 heavy (non-hydrogen) atoms. The summed E-state index contributed by atoms with van der Waals surface area (Å²) in [7, 11) is 0. The van der Waals surface area contributed by atoms with Gasteiger partial charge >= 0.3 is 0 Å². The monoisotopic (exact) mass is 254 g/mol. The molecule has 3 atom stereocenters. The summed E-state index contributed by atoms with van der Waals surface area (Å²) in [5.74, 6) is 1.71. The topological polar surface area (TPSA) is 55.1 Å². The van der Waals surface area contributed by atoms with Crippen LogP contribution in [-0.2, 0) is 4.79 Å². The van der Waals surface area contributed by atoms with Crippen LogP contribution in [0.3, 0.4) is 0 Å². The fourth-order valence-corrected chi connectivity index (χ4v) is 3.11. The number of nitrogens with one attached hydrogen (secondary N) is 1. The Morgan fingerprint density at radius 1 is 1.22 bits per heavy atom. The van der Waals surface area contributed by atoms with Crippen molar-refractivity contribution in [2.75, 3.05) is 6.54 Å². The summed E-state index contributed by atoms with van der Waals surface area (Å²) < 4.78 is 0. The molecule has 0 saturated heterocycles. The number of amides is 1. The molecule has 3 unspecified atom stereocenters. The van der Waals surface area contributed by atoms with E-state index in [4.69, 9.17) is 5.73 Å². The Morgan fingerprint density at radius 2 is 1.83 bits per heavy atom. The highest BCUT2D eigenvalue weighted by atomic mass is 16.2. The van der Waals surface area contributed by atoms with Gasteiger partial charge in [0.25, 0.3) is 0 Å². The Morgan fingerprint density at radius 3 is 2.33 bits per heavy atom. The van der Waals surface area contributed by atoms with Gasteiger partial charge in [-0.25, -0.2) is 0 Å². The van der Waals surface area contributed by atoms with Gasteiger partial charge in [-0.05, 0) is 30.6 Å². The molecule has 3 nitrogen and oxygen atoms in total. The minimum atomic E-state index is -0.0419. The lowest BCUT2D eigenvalue weighted by Crippen LogP contribution is -2.48. The highest BCUT2D eigenvalue weighted by Gasteiger charge is 2.30. The highest BCUT2D eigenvalue weighted by molar-refractivity contribution is 5.79. The van der Waals surface area contributed by atoms with Crippen molar-refractivity contribution in [3.05, 3.63) is 0 Å². The normalized spacial score (nSPS) is 26.4. The third kappa shape index (κ3) is 3.98. The van der Waals surface area contributed by atoms with Gasteiger partial charge in [0, 0.05) is 12.6 Å². The Hall–Kier alpha value is -0.570. The zero-order chi connectivity index (χ0) is 13.7. The first kappa shape index (κ1) is 15.5. The minimum Gasteiger partial charge on any atom is -0.353 e. The predicted octanol–water partition coefficient (Wildman–Crippen LogP) is 2.55. The van der Waals surface area contributed by atoms with Gasteiger partial charge in [-0.1, -0.05) is 40.5 Å². The number of nitrogens with two attached hydrogens (primary N) is 1. The van der Waals surface area contributed by atoms with Crippen LogP contribution in [0.15, 0.2) is 0 Å². The van der Waals surface area contributed by atoms with Crippen molar-refractivity contribution in [1.29, 1.82) is 0 Å². The molecule has 0 heterocycles. The molecule has 1 aliphatic carbocycles. The van der Waals surface area contributed by atoms with Crippen molar-refractivity contribution in [3.8, 4) is 0 Å². The molecule has 0 aromatic rings. The SMILES string of the molecule is CC(C)C(CN)C(=O)NC1CCCCC1C(C)C. The van der Waals surface area contributed by atoms with Gasteiger partial charge in [-0.3, -0.25) is 4.79 Å². The van der Waals surface area contributed by atoms with E-state index in [9.17, 15) is 4.79 Å². The molecule has 1 amide bonds. The van der Waals surface area contributed by atoms with Gasteiger partial charge in [0.15, 0.2) is 0 Å². The van der Waals surface area contributed by atoms with E-state index in [1.165, 1.54) is 19.3 Å². The molecular formula is C15H30N2O. The maximum atomic E-state index is 12.3. The molecule has 106 valence electrons. The van der Waals surface area contributed by atoms with Crippen LogP contribution in [0.25, 0.3) is 0 Å². The van der Waals surface area contributed by atoms with Crippen LogP contribution in [0.4, 0.5) is 0 Å². The first-order chi connectivity index (χ1) is 8.47. The third-order valence-electron chi connectivity index (χ3n) is 4.40. The third-order valence-corrected chi connectivity index (χ3v) is 4.40. The largest absolute Gasteiger partial charge is 0.353 e. The number of hydrogen-bond donors (Lipinski definition) is 2. The smallest absolute Gasteiger partial charge is 0.224 e. The van der Waals surface area contributed by atoms with E-state index in [0.717, 1.165) is 6.42 Å². The summed E-state index contributed by atoms with van der Waals surface area (Å²) in [6.45, 7) is 9.11. The Bertz CT molecular complexity index is 263. The molecule has 1 aliphatic rings. The average molecular weight is 254 g/mol. The summed E-state index contributed by atoms with van der Waals surface area (Å²) in [5, 5.41) is 3.26. The lowest BCUT2D eigenvalue weighted by atomic mass is 9.77. The van der Waals surface area contributed by atoms with Crippen LogP contribution in [-0.4, -0.2) is 18.5 Å². The van der Waals surface area contributed by atoms with Crippen molar-refractivity contribution in [2.24, 2.45) is 29.4 Å². The Balaban J connectivity index is 2.60. The minimum absolute atomic E-state index is 0.0419. The molecule has 1 fully saturated rings. The fraction of sp³-hybridized carbons (Fsp3) is 0.933. The van der Waals surface area contributed by atoms with Crippen molar-refractivity contribution >= 4 is 5.91 Å². The van der Waals surface area contributed by atoms with Gasteiger partial charge in [-0.15, -0.1) is 0 Å². The number of carbonyl (C=O) groups is 1. The predicted molar refractivity (Wildman–Crippen MR) is 76.1 cm³/mol. The van der Waals surface area contributed by atoms with Crippen molar-refractivity contribution in [3.63, 3.8) is 0 Å². The van der Waals surface area contributed by atoms with Crippen LogP contribution >= 0.6 is 0 Å². The van der Waals surface area contributed by atoms with E-state index in [1.54, 1.807) is 0 Å². The molecule has 1 rings (SSSR count). The molecule has 1 saturated carbocycles. The summed E-state index contributed by atoms with van der Waals surface area (Å²) in [4.78, 5) is 12.3. The van der Waals surface area contributed by atoms with Crippen LogP contribution in [0.5, 0.6) is 0 Å². The number of rotatable bonds is 5. The number of carbonyl (C=O) groups excluding carboxylic acids is 1. The molecule has 3 N–H and O–H groups in total. The highest BCUT2D eigenvalue weighted by Crippen LogP contribution is 2.30. The van der Waals surface area contributed by atoms with Crippen LogP contribution in [0.1, 0.15) is 53.4 Å².